The minimum atomic E-state index is -1.06. The Morgan fingerprint density at radius 1 is 1.25 bits per heavy atom. The Bertz CT molecular complexity index is 436. The van der Waals surface area contributed by atoms with Crippen molar-refractivity contribution in [2.24, 2.45) is 10.8 Å². The summed E-state index contributed by atoms with van der Waals surface area (Å²) in [6.07, 6.45) is 5.32. The molecule has 2 aliphatic carbocycles. The molecule has 0 saturated heterocycles. The molecule has 16 heavy (non-hydrogen) atoms. The average molecular weight is 214 g/mol. The molecule has 3 nitrogen and oxygen atoms in total. The first-order valence-corrected chi connectivity index (χ1v) is 5.66. The molecule has 0 aromatic rings. The molecule has 0 N–H and O–H groups in total. The molecule has 0 aromatic heterocycles. The zero-order valence-corrected chi connectivity index (χ0v) is 9.42. The number of hydrogen-bond acceptors (Lipinski definition) is 3. The monoisotopic (exact) mass is 214 g/mol. The van der Waals surface area contributed by atoms with Crippen molar-refractivity contribution >= 4 is 5.78 Å². The molecule has 0 radical (unpaired) electrons. The SMILES string of the molecule is CC12CCCCC(C#N)(C#N)C1=CCC2=O. The third kappa shape index (κ3) is 1.21. The van der Waals surface area contributed by atoms with Crippen LogP contribution in [0.3, 0.4) is 0 Å². The van der Waals surface area contributed by atoms with Crippen LogP contribution in [0.1, 0.15) is 39.0 Å². The lowest BCUT2D eigenvalue weighted by atomic mass is 9.68. The van der Waals surface area contributed by atoms with Crippen LogP contribution in [-0.2, 0) is 4.79 Å². The first kappa shape index (κ1) is 10.9. The maximum absolute atomic E-state index is 11.9. The van der Waals surface area contributed by atoms with Gasteiger partial charge in [0.1, 0.15) is 5.78 Å². The molecule has 0 amide bonds. The van der Waals surface area contributed by atoms with E-state index in [4.69, 9.17) is 0 Å². The van der Waals surface area contributed by atoms with Crippen LogP contribution in [0.15, 0.2) is 11.6 Å². The van der Waals surface area contributed by atoms with E-state index in [0.717, 1.165) is 24.8 Å². The van der Waals surface area contributed by atoms with E-state index in [1.165, 1.54) is 0 Å². The summed E-state index contributed by atoms with van der Waals surface area (Å²) in [5.41, 5.74) is -0.841. The van der Waals surface area contributed by atoms with Crippen LogP contribution in [0.2, 0.25) is 0 Å². The molecule has 0 bridgehead atoms. The highest BCUT2D eigenvalue weighted by Crippen LogP contribution is 2.52. The van der Waals surface area contributed by atoms with Gasteiger partial charge in [-0.2, -0.15) is 10.5 Å². The second-order valence-corrected chi connectivity index (χ2v) is 4.91. The summed E-state index contributed by atoms with van der Waals surface area (Å²) in [5.74, 6) is 0.166. The predicted molar refractivity (Wildman–Crippen MR) is 57.9 cm³/mol. The number of nitriles is 2. The number of ketones is 1. The third-order valence-corrected chi connectivity index (χ3v) is 4.02. The number of hydrogen-bond donors (Lipinski definition) is 0. The molecule has 0 aromatic carbocycles. The van der Waals surface area contributed by atoms with E-state index < -0.39 is 10.8 Å². The van der Waals surface area contributed by atoms with Crippen LogP contribution in [0.5, 0.6) is 0 Å². The molecule has 82 valence electrons. The Kier molecular flexibility index (Phi) is 2.35. The van der Waals surface area contributed by atoms with Crippen molar-refractivity contribution in [3.63, 3.8) is 0 Å². The van der Waals surface area contributed by atoms with Crippen LogP contribution < -0.4 is 0 Å². The predicted octanol–water partition coefficient (Wildman–Crippen LogP) is 2.50. The highest BCUT2D eigenvalue weighted by molar-refractivity contribution is 5.92. The summed E-state index contributed by atoms with van der Waals surface area (Å²) < 4.78 is 0. The number of nitrogens with zero attached hydrogens (tertiary/aromatic N) is 2. The number of allylic oxidation sites excluding steroid dienone is 2. The average Bonchev–Trinajstić information content (AvgIpc) is 2.50. The number of Topliss-reactive ketones (excluding diaryl/α,β-unsaturated/α-hetero) is 1. The lowest BCUT2D eigenvalue weighted by molar-refractivity contribution is -0.124. The zero-order chi connectivity index (χ0) is 11.8. The Labute approximate surface area is 95.4 Å². The van der Waals surface area contributed by atoms with Gasteiger partial charge in [0.15, 0.2) is 5.41 Å². The van der Waals surface area contributed by atoms with Gasteiger partial charge in [0, 0.05) is 11.8 Å². The lowest BCUT2D eigenvalue weighted by Gasteiger charge is -2.30. The normalized spacial score (nSPS) is 31.9. The fourth-order valence-corrected chi connectivity index (χ4v) is 2.98. The van der Waals surface area contributed by atoms with E-state index in [0.29, 0.717) is 12.8 Å². The zero-order valence-electron chi connectivity index (χ0n) is 9.42. The van der Waals surface area contributed by atoms with Crippen molar-refractivity contribution < 1.29 is 4.79 Å². The van der Waals surface area contributed by atoms with Crippen LogP contribution in [0, 0.1) is 33.5 Å². The van der Waals surface area contributed by atoms with Crippen LogP contribution in [0.4, 0.5) is 0 Å². The Hall–Kier alpha value is -1.61. The molecule has 1 saturated carbocycles. The van der Waals surface area contributed by atoms with Crippen LogP contribution in [-0.4, -0.2) is 5.78 Å². The van der Waals surface area contributed by atoms with Crippen molar-refractivity contribution in [3.8, 4) is 12.1 Å². The van der Waals surface area contributed by atoms with Crippen LogP contribution in [0.25, 0.3) is 0 Å². The third-order valence-electron chi connectivity index (χ3n) is 4.02. The molecular formula is C13H14N2O. The van der Waals surface area contributed by atoms with Gasteiger partial charge in [-0.25, -0.2) is 0 Å². The first-order chi connectivity index (χ1) is 7.59. The smallest absolute Gasteiger partial charge is 0.165 e. The quantitative estimate of drug-likeness (QED) is 0.582. The highest BCUT2D eigenvalue weighted by atomic mass is 16.1. The van der Waals surface area contributed by atoms with Gasteiger partial charge in [-0.15, -0.1) is 0 Å². The molecule has 1 fully saturated rings. The fourth-order valence-electron chi connectivity index (χ4n) is 2.98. The molecule has 1 atom stereocenters. The van der Waals surface area contributed by atoms with Crippen molar-refractivity contribution in [2.45, 2.75) is 39.0 Å². The van der Waals surface area contributed by atoms with Gasteiger partial charge in [0.25, 0.3) is 0 Å². The van der Waals surface area contributed by atoms with E-state index in [1.807, 2.05) is 13.0 Å². The minimum Gasteiger partial charge on any atom is -0.298 e. The summed E-state index contributed by atoms with van der Waals surface area (Å²) in [4.78, 5) is 11.9. The topological polar surface area (TPSA) is 64.7 Å². The molecule has 0 heterocycles. The number of fused-ring (bicyclic) bond motifs is 1. The van der Waals surface area contributed by atoms with Crippen molar-refractivity contribution in [2.75, 3.05) is 0 Å². The standard InChI is InChI=1S/C13H14N2O/c1-12-6-2-3-7-13(8-14,9-15)10(12)4-5-11(12)16/h4H,2-3,5-7H2,1H3. The second-order valence-electron chi connectivity index (χ2n) is 4.91. The maximum Gasteiger partial charge on any atom is 0.165 e. The van der Waals surface area contributed by atoms with E-state index in [2.05, 4.69) is 12.1 Å². The van der Waals surface area contributed by atoms with Gasteiger partial charge < -0.3 is 0 Å². The maximum atomic E-state index is 11.9. The molecule has 3 heteroatoms. The van der Waals surface area contributed by atoms with Crippen molar-refractivity contribution in [3.05, 3.63) is 11.6 Å². The first-order valence-electron chi connectivity index (χ1n) is 5.66. The molecular weight excluding hydrogens is 200 g/mol. The van der Waals surface area contributed by atoms with Gasteiger partial charge in [-0.1, -0.05) is 18.9 Å². The Balaban J connectivity index is 2.56. The van der Waals surface area contributed by atoms with Gasteiger partial charge in [-0.3, -0.25) is 4.79 Å². The van der Waals surface area contributed by atoms with E-state index in [9.17, 15) is 15.3 Å². The molecule has 2 rings (SSSR count). The summed E-state index contributed by atoms with van der Waals surface area (Å²) in [5, 5.41) is 18.6. The lowest BCUT2D eigenvalue weighted by Crippen LogP contribution is -2.32. The molecule has 0 aliphatic heterocycles. The summed E-state index contributed by atoms with van der Waals surface area (Å²) in [6, 6.07) is 4.29. The molecule has 0 spiro atoms. The number of carbonyl (C=O) groups is 1. The molecule has 2 aliphatic rings. The van der Waals surface area contributed by atoms with Gasteiger partial charge in [-0.05, 0) is 25.3 Å². The van der Waals surface area contributed by atoms with Gasteiger partial charge in [0.2, 0.25) is 0 Å². The Morgan fingerprint density at radius 3 is 2.50 bits per heavy atom. The summed E-state index contributed by atoms with van der Waals surface area (Å²) in [6.45, 7) is 1.89. The van der Waals surface area contributed by atoms with Gasteiger partial charge >= 0.3 is 0 Å². The number of carbonyl (C=O) groups excluding carboxylic acids is 1. The van der Waals surface area contributed by atoms with Crippen molar-refractivity contribution in [1.29, 1.82) is 10.5 Å². The highest BCUT2D eigenvalue weighted by Gasteiger charge is 2.51. The summed E-state index contributed by atoms with van der Waals surface area (Å²) in [7, 11) is 0. The second kappa shape index (κ2) is 3.46. The van der Waals surface area contributed by atoms with Crippen LogP contribution >= 0.6 is 0 Å². The van der Waals surface area contributed by atoms with E-state index >= 15 is 0 Å². The largest absolute Gasteiger partial charge is 0.298 e. The van der Waals surface area contributed by atoms with E-state index in [-0.39, 0.29) is 5.78 Å². The fraction of sp³-hybridized carbons (Fsp3) is 0.615. The van der Waals surface area contributed by atoms with Crippen molar-refractivity contribution in [1.82, 2.24) is 0 Å². The van der Waals surface area contributed by atoms with E-state index in [1.54, 1.807) is 0 Å². The Morgan fingerprint density at radius 2 is 1.88 bits per heavy atom. The summed E-state index contributed by atoms with van der Waals surface area (Å²) >= 11 is 0. The van der Waals surface area contributed by atoms with Gasteiger partial charge in [0.05, 0.1) is 12.1 Å². The molecule has 1 unspecified atom stereocenters. The minimum absolute atomic E-state index is 0.166. The number of rotatable bonds is 0.